The average molecular weight is 962 g/mol. The highest BCUT2D eigenvalue weighted by Crippen LogP contribution is 2.44. The van der Waals surface area contributed by atoms with Crippen LogP contribution in [-0.2, 0) is 62.1 Å². The highest BCUT2D eigenvalue weighted by molar-refractivity contribution is 5.90. The van der Waals surface area contributed by atoms with Crippen molar-refractivity contribution in [2.24, 2.45) is 17.3 Å². The van der Waals surface area contributed by atoms with Gasteiger partial charge in [-0.05, 0) is 108 Å². The van der Waals surface area contributed by atoms with Crippen molar-refractivity contribution < 1.29 is 56.1 Å². The zero-order valence-corrected chi connectivity index (χ0v) is 40.2. The summed E-state index contributed by atoms with van der Waals surface area (Å²) >= 11 is 0. The predicted molar refractivity (Wildman–Crippen MR) is 244 cm³/mol. The molecule has 7 rings (SSSR count). The van der Waals surface area contributed by atoms with Crippen molar-refractivity contribution in [2.75, 3.05) is 60.2 Å². The lowest BCUT2D eigenvalue weighted by molar-refractivity contribution is -0.144. The summed E-state index contributed by atoms with van der Waals surface area (Å²) in [5.41, 5.74) is -0.626. The molecule has 6 aliphatic rings. The van der Waals surface area contributed by atoms with Crippen LogP contribution in [0.15, 0.2) is 12.3 Å². The summed E-state index contributed by atoms with van der Waals surface area (Å²) in [6.07, 6.45) is 7.32. The number of hydrogen-bond donors (Lipinski definition) is 4. The quantitative estimate of drug-likeness (QED) is 0.146. The second kappa shape index (κ2) is 23.8. The van der Waals surface area contributed by atoms with Gasteiger partial charge in [-0.2, -0.15) is 13.2 Å². The summed E-state index contributed by atoms with van der Waals surface area (Å²) in [5, 5.41) is 12.9. The molecule has 0 spiro atoms. The van der Waals surface area contributed by atoms with Crippen molar-refractivity contribution in [2.45, 2.75) is 171 Å². The van der Waals surface area contributed by atoms with E-state index < -0.39 is 17.2 Å². The number of carbonyl (C=O) groups excluding carboxylic acids is 5. The maximum absolute atomic E-state index is 14.6. The SMILES string of the molecule is CO[C@@H]1COCC[C@@H]1N[C@@H]1CC[C@](CCNC(=O)[C@H]2CC[C@H](NC(=O)CCCO[C@H]3CC[C@H](OCCNC(=O)[C@H]4CC(=O)N(C)[C@@H]4C)CC3)CC2)(C(=O)N2CCc3ncc(C(F)(F)F)cc3C2)C1. The first-order valence-electron chi connectivity index (χ1n) is 25.2. The molecule has 3 aliphatic carbocycles. The molecule has 19 heteroatoms. The first-order valence-corrected chi connectivity index (χ1v) is 25.2. The predicted octanol–water partition coefficient (Wildman–Crippen LogP) is 4.21. The number of ether oxygens (including phenoxy) is 4. The molecular weight excluding hydrogens is 888 g/mol. The van der Waals surface area contributed by atoms with Gasteiger partial charge in [0.25, 0.3) is 0 Å². The minimum Gasteiger partial charge on any atom is -0.379 e. The number of nitrogens with one attached hydrogen (secondary N) is 4. The van der Waals surface area contributed by atoms with Crippen LogP contribution in [0, 0.1) is 17.3 Å². The number of carbonyl (C=O) groups is 5. The van der Waals surface area contributed by atoms with Crippen LogP contribution in [-0.4, -0.2) is 147 Å². The van der Waals surface area contributed by atoms with E-state index in [0.29, 0.717) is 122 Å². The third kappa shape index (κ3) is 13.5. The van der Waals surface area contributed by atoms with Crippen molar-refractivity contribution in [3.05, 3.63) is 29.1 Å². The minimum absolute atomic E-state index is 0.00238. The molecule has 5 amide bonds. The Morgan fingerprint density at radius 1 is 0.926 bits per heavy atom. The third-order valence-corrected chi connectivity index (χ3v) is 15.7. The Morgan fingerprint density at radius 2 is 1.65 bits per heavy atom. The van der Waals surface area contributed by atoms with Gasteiger partial charge in [-0.15, -0.1) is 0 Å². The Labute approximate surface area is 398 Å². The van der Waals surface area contributed by atoms with Crippen molar-refractivity contribution in [3.63, 3.8) is 0 Å². The molecule has 1 aromatic heterocycles. The molecule has 1 aromatic rings. The number of rotatable bonds is 19. The van der Waals surface area contributed by atoms with Gasteiger partial charge in [0, 0.05) is 115 Å². The molecule has 5 fully saturated rings. The zero-order chi connectivity index (χ0) is 48.4. The number of aromatic nitrogens is 1. The molecule has 68 heavy (non-hydrogen) atoms. The number of methoxy groups -OCH3 is 1. The van der Waals surface area contributed by atoms with E-state index >= 15 is 0 Å². The van der Waals surface area contributed by atoms with E-state index in [2.05, 4.69) is 26.3 Å². The normalized spacial score (nSPS) is 31.0. The number of halogens is 3. The molecule has 16 nitrogen and oxygen atoms in total. The molecule has 3 aliphatic heterocycles. The summed E-state index contributed by atoms with van der Waals surface area (Å²) in [5.74, 6) is -0.803. The lowest BCUT2D eigenvalue weighted by Gasteiger charge is -2.38. The molecule has 6 atom stereocenters. The molecule has 0 radical (unpaired) electrons. The van der Waals surface area contributed by atoms with Gasteiger partial charge in [-0.25, -0.2) is 0 Å². The molecule has 4 N–H and O–H groups in total. The zero-order valence-electron chi connectivity index (χ0n) is 40.2. The van der Waals surface area contributed by atoms with Crippen LogP contribution in [0.3, 0.4) is 0 Å². The summed E-state index contributed by atoms with van der Waals surface area (Å²) < 4.78 is 64.2. The van der Waals surface area contributed by atoms with Crippen LogP contribution in [0.25, 0.3) is 0 Å². The number of hydrogen-bond acceptors (Lipinski definition) is 11. The Balaban J connectivity index is 0.787. The number of likely N-dealkylation sites (tertiary alicyclic amines) is 1. The number of nitrogens with zero attached hydrogens (tertiary/aromatic N) is 3. The molecule has 0 bridgehead atoms. The summed E-state index contributed by atoms with van der Waals surface area (Å²) in [6.45, 7) is 5.06. The van der Waals surface area contributed by atoms with Crippen LogP contribution >= 0.6 is 0 Å². The van der Waals surface area contributed by atoms with Crippen LogP contribution in [0.1, 0.15) is 126 Å². The number of fused-ring (bicyclic) bond motifs is 1. The van der Waals surface area contributed by atoms with Crippen LogP contribution in [0.5, 0.6) is 0 Å². The van der Waals surface area contributed by atoms with E-state index in [-0.39, 0.29) is 96.8 Å². The van der Waals surface area contributed by atoms with Gasteiger partial charge in [0.1, 0.15) is 0 Å². The van der Waals surface area contributed by atoms with Gasteiger partial charge in [-0.1, -0.05) is 0 Å². The Morgan fingerprint density at radius 3 is 2.34 bits per heavy atom. The Kier molecular flexibility index (Phi) is 18.2. The van der Waals surface area contributed by atoms with Gasteiger partial charge in [0.05, 0.1) is 48.4 Å². The van der Waals surface area contributed by atoms with E-state index in [4.69, 9.17) is 18.9 Å². The van der Waals surface area contributed by atoms with Gasteiger partial charge < -0.3 is 50.0 Å². The summed E-state index contributed by atoms with van der Waals surface area (Å²) in [4.78, 5) is 72.8. The molecule has 380 valence electrons. The second-order valence-electron chi connectivity index (χ2n) is 20.2. The fourth-order valence-electron chi connectivity index (χ4n) is 11.4. The van der Waals surface area contributed by atoms with E-state index in [9.17, 15) is 37.1 Å². The van der Waals surface area contributed by atoms with E-state index in [1.54, 1.807) is 24.0 Å². The highest BCUT2D eigenvalue weighted by atomic mass is 19.4. The van der Waals surface area contributed by atoms with Gasteiger partial charge >= 0.3 is 6.18 Å². The summed E-state index contributed by atoms with van der Waals surface area (Å²) in [6, 6.07) is 1.11. The minimum atomic E-state index is -4.53. The number of amides is 5. The molecular formula is C49H74F3N7O9. The van der Waals surface area contributed by atoms with Crippen molar-refractivity contribution in [1.82, 2.24) is 36.1 Å². The fourth-order valence-corrected chi connectivity index (χ4v) is 11.4. The first kappa shape index (κ1) is 51.9. The molecule has 3 saturated carbocycles. The van der Waals surface area contributed by atoms with Crippen LogP contribution < -0.4 is 21.3 Å². The highest BCUT2D eigenvalue weighted by Gasteiger charge is 2.48. The Bertz CT molecular complexity index is 1890. The maximum Gasteiger partial charge on any atom is 0.417 e. The van der Waals surface area contributed by atoms with Gasteiger partial charge in [0.2, 0.25) is 29.5 Å². The lowest BCUT2D eigenvalue weighted by atomic mass is 9.80. The van der Waals surface area contributed by atoms with Gasteiger partial charge in [0.15, 0.2) is 0 Å². The fraction of sp³-hybridized carbons (Fsp3) is 0.796. The number of alkyl halides is 3. The lowest BCUT2D eigenvalue weighted by Crippen LogP contribution is -2.51. The first-order chi connectivity index (χ1) is 32.6. The standard InChI is InChI=1S/C49H74F3N7O9/c1-31-39(26-44(61)58(31)2)46(63)54-20-24-68-38-12-10-37(11-13-38)67-22-4-5-43(60)57-35-8-6-32(7-9-35)45(62)53-19-18-48(17-14-36(27-48)56-41-16-23-66-30-42(41)65-3)47(64)59-21-15-40-33(29-59)25-34(28-55-40)49(50,51)52/h25,28,31-32,35-39,41-42,56H,4-24,26-27,29-30H2,1-3H3,(H,53,62)(H,54,63)(H,57,60)/t31-,32-,35-,36-,37-,38-,39+,41+,42-,48-/m1/s1. The largest absolute Gasteiger partial charge is 0.417 e. The van der Waals surface area contributed by atoms with Crippen molar-refractivity contribution in [3.8, 4) is 0 Å². The van der Waals surface area contributed by atoms with Crippen molar-refractivity contribution in [1.29, 1.82) is 0 Å². The second-order valence-corrected chi connectivity index (χ2v) is 20.2. The van der Waals surface area contributed by atoms with Gasteiger partial charge in [-0.3, -0.25) is 29.0 Å². The molecule has 0 unspecified atom stereocenters. The molecule has 4 heterocycles. The van der Waals surface area contributed by atoms with Crippen LogP contribution in [0.2, 0.25) is 0 Å². The van der Waals surface area contributed by atoms with Crippen molar-refractivity contribution >= 4 is 29.5 Å². The summed E-state index contributed by atoms with van der Waals surface area (Å²) in [7, 11) is 3.39. The van der Waals surface area contributed by atoms with E-state index in [1.807, 2.05) is 6.92 Å². The third-order valence-electron chi connectivity index (χ3n) is 15.7. The molecule has 2 saturated heterocycles. The van der Waals surface area contributed by atoms with Crippen LogP contribution in [0.4, 0.5) is 13.2 Å². The maximum atomic E-state index is 14.6. The topological polar surface area (TPSA) is 190 Å². The number of pyridine rings is 1. The molecule has 0 aromatic carbocycles. The Hall–Kier alpha value is -3.91. The van der Waals surface area contributed by atoms with E-state index in [1.165, 1.54) is 0 Å². The smallest absolute Gasteiger partial charge is 0.379 e. The average Bonchev–Trinajstić information content (AvgIpc) is 3.87. The van der Waals surface area contributed by atoms with E-state index in [0.717, 1.165) is 50.8 Å². The monoisotopic (exact) mass is 962 g/mol.